The Balaban J connectivity index is 2.11. The zero-order valence-corrected chi connectivity index (χ0v) is 10.4. The minimum atomic E-state index is 0.125. The summed E-state index contributed by atoms with van der Waals surface area (Å²) in [5.74, 6) is 0.125. The Kier molecular flexibility index (Phi) is 3.47. The summed E-state index contributed by atoms with van der Waals surface area (Å²) < 4.78 is 0. The molecule has 0 fully saturated rings. The number of benzene rings is 1. The predicted octanol–water partition coefficient (Wildman–Crippen LogP) is 2.15. The quantitative estimate of drug-likeness (QED) is 0.727. The topological polar surface area (TPSA) is 23.6 Å². The first kappa shape index (κ1) is 11.7. The second-order valence-electron chi connectivity index (χ2n) is 4.45. The van der Waals surface area contributed by atoms with E-state index in [1.54, 1.807) is 0 Å². The van der Waals surface area contributed by atoms with Crippen molar-refractivity contribution in [1.82, 2.24) is 4.90 Å². The second-order valence-corrected chi connectivity index (χ2v) is 4.45. The Bertz CT molecular complexity index is 420. The third-order valence-corrected chi connectivity index (χ3v) is 2.98. The van der Waals surface area contributed by atoms with Crippen LogP contribution in [0.2, 0.25) is 0 Å². The largest absolute Gasteiger partial charge is 0.378 e. The Labute approximate surface area is 102 Å². The van der Waals surface area contributed by atoms with Crippen LogP contribution in [0.15, 0.2) is 36.4 Å². The molecular weight excluding hydrogens is 212 g/mol. The number of rotatable bonds is 2. The third-order valence-electron chi connectivity index (χ3n) is 2.98. The van der Waals surface area contributed by atoms with Crippen molar-refractivity contribution in [3.63, 3.8) is 0 Å². The molecule has 0 atom stereocenters. The van der Waals surface area contributed by atoms with Crippen LogP contribution >= 0.6 is 0 Å². The van der Waals surface area contributed by atoms with Gasteiger partial charge in [0.1, 0.15) is 0 Å². The van der Waals surface area contributed by atoms with Crippen LogP contribution in [0.3, 0.4) is 0 Å². The van der Waals surface area contributed by atoms with Crippen molar-refractivity contribution in [1.29, 1.82) is 0 Å². The maximum atomic E-state index is 12.2. The average Bonchev–Trinajstić information content (AvgIpc) is 2.39. The van der Waals surface area contributed by atoms with Crippen molar-refractivity contribution in [2.45, 2.75) is 6.42 Å². The van der Waals surface area contributed by atoms with Crippen molar-refractivity contribution in [3.8, 4) is 0 Å². The van der Waals surface area contributed by atoms with E-state index in [9.17, 15) is 4.79 Å². The predicted molar refractivity (Wildman–Crippen MR) is 70.4 cm³/mol. The molecule has 0 N–H and O–H groups in total. The van der Waals surface area contributed by atoms with Gasteiger partial charge in [0.25, 0.3) is 5.91 Å². The lowest BCUT2D eigenvalue weighted by molar-refractivity contribution is 0.0771. The molecule has 0 saturated heterocycles. The zero-order valence-electron chi connectivity index (χ0n) is 10.4. The van der Waals surface area contributed by atoms with Crippen molar-refractivity contribution < 1.29 is 4.79 Å². The minimum absolute atomic E-state index is 0.125. The summed E-state index contributed by atoms with van der Waals surface area (Å²) >= 11 is 0. The van der Waals surface area contributed by atoms with Crippen molar-refractivity contribution in [2.75, 3.05) is 32.1 Å². The number of hydrogen-bond acceptors (Lipinski definition) is 2. The van der Waals surface area contributed by atoms with Gasteiger partial charge in [0, 0.05) is 38.4 Å². The van der Waals surface area contributed by atoms with Crippen LogP contribution in [0.25, 0.3) is 0 Å². The van der Waals surface area contributed by atoms with Crippen LogP contribution in [0, 0.1) is 0 Å². The monoisotopic (exact) mass is 230 g/mol. The Morgan fingerprint density at radius 1 is 1.18 bits per heavy atom. The molecule has 3 nitrogen and oxygen atoms in total. The molecule has 0 spiro atoms. The van der Waals surface area contributed by atoms with E-state index in [2.05, 4.69) is 12.2 Å². The maximum Gasteiger partial charge on any atom is 0.254 e. The van der Waals surface area contributed by atoms with Crippen LogP contribution in [0.1, 0.15) is 16.8 Å². The summed E-state index contributed by atoms with van der Waals surface area (Å²) in [6.07, 6.45) is 5.13. The first-order chi connectivity index (χ1) is 8.18. The molecule has 0 aliphatic carbocycles. The molecule has 0 aromatic heterocycles. The summed E-state index contributed by atoms with van der Waals surface area (Å²) in [7, 11) is 3.98. The number of anilines is 1. The first-order valence-electron chi connectivity index (χ1n) is 5.90. The molecule has 0 saturated carbocycles. The van der Waals surface area contributed by atoms with Crippen molar-refractivity contribution >= 4 is 11.6 Å². The summed E-state index contributed by atoms with van der Waals surface area (Å²) in [5, 5.41) is 0. The molecule has 3 heteroatoms. The summed E-state index contributed by atoms with van der Waals surface area (Å²) in [4.78, 5) is 16.1. The fraction of sp³-hybridized carbons (Fsp3) is 0.357. The zero-order chi connectivity index (χ0) is 12.3. The van der Waals surface area contributed by atoms with E-state index >= 15 is 0 Å². The van der Waals surface area contributed by atoms with Crippen LogP contribution in [0.5, 0.6) is 0 Å². The molecular formula is C14H18N2O. The minimum Gasteiger partial charge on any atom is -0.378 e. The lowest BCUT2D eigenvalue weighted by Crippen LogP contribution is -2.33. The molecule has 0 unspecified atom stereocenters. The Hall–Kier alpha value is -1.77. The van der Waals surface area contributed by atoms with Gasteiger partial charge in [-0.1, -0.05) is 12.2 Å². The van der Waals surface area contributed by atoms with Crippen molar-refractivity contribution in [3.05, 3.63) is 42.0 Å². The van der Waals surface area contributed by atoms with Crippen molar-refractivity contribution in [2.24, 2.45) is 0 Å². The van der Waals surface area contributed by atoms with Gasteiger partial charge >= 0.3 is 0 Å². The lowest BCUT2D eigenvalue weighted by Gasteiger charge is -2.23. The molecule has 0 radical (unpaired) electrons. The highest BCUT2D eigenvalue weighted by atomic mass is 16.2. The molecule has 1 aliphatic heterocycles. The fourth-order valence-corrected chi connectivity index (χ4v) is 1.91. The van der Waals surface area contributed by atoms with E-state index in [-0.39, 0.29) is 5.91 Å². The van der Waals surface area contributed by atoms with Gasteiger partial charge in [0.05, 0.1) is 0 Å². The smallest absolute Gasteiger partial charge is 0.254 e. The summed E-state index contributed by atoms with van der Waals surface area (Å²) in [6.45, 7) is 1.55. The normalized spacial score (nSPS) is 14.8. The number of carbonyl (C=O) groups excluding carboxylic acids is 1. The van der Waals surface area contributed by atoms with Gasteiger partial charge in [0.2, 0.25) is 0 Å². The maximum absolute atomic E-state index is 12.2. The standard InChI is InChI=1S/C14H18N2O/c1-15(2)13-8-6-12(7-9-13)14(17)16-10-4-3-5-11-16/h3-4,6-9H,5,10-11H2,1-2H3. The highest BCUT2D eigenvalue weighted by Crippen LogP contribution is 2.14. The van der Waals surface area contributed by atoms with Gasteiger partial charge in [-0.2, -0.15) is 0 Å². The van der Waals surface area contributed by atoms with Gasteiger partial charge in [-0.3, -0.25) is 4.79 Å². The van der Waals surface area contributed by atoms with Gasteiger partial charge < -0.3 is 9.80 Å². The molecule has 1 aromatic rings. The highest BCUT2D eigenvalue weighted by Gasteiger charge is 2.15. The Morgan fingerprint density at radius 3 is 2.41 bits per heavy atom. The van der Waals surface area contributed by atoms with E-state index in [1.807, 2.05) is 48.2 Å². The molecule has 0 bridgehead atoms. The van der Waals surface area contributed by atoms with E-state index in [1.165, 1.54) is 0 Å². The molecule has 90 valence electrons. The first-order valence-corrected chi connectivity index (χ1v) is 5.90. The van der Waals surface area contributed by atoms with Gasteiger partial charge in [-0.05, 0) is 30.7 Å². The summed E-state index contributed by atoms with van der Waals surface area (Å²) in [6, 6.07) is 7.76. The SMILES string of the molecule is CN(C)c1ccc(C(=O)N2CC=CCC2)cc1. The van der Waals surface area contributed by atoms with Crippen LogP contribution in [0.4, 0.5) is 5.69 Å². The highest BCUT2D eigenvalue weighted by molar-refractivity contribution is 5.94. The lowest BCUT2D eigenvalue weighted by atomic mass is 10.1. The fourth-order valence-electron chi connectivity index (χ4n) is 1.91. The Morgan fingerprint density at radius 2 is 1.88 bits per heavy atom. The number of hydrogen-bond donors (Lipinski definition) is 0. The number of nitrogens with zero attached hydrogens (tertiary/aromatic N) is 2. The van der Waals surface area contributed by atoms with Crippen LogP contribution < -0.4 is 4.90 Å². The third kappa shape index (κ3) is 2.67. The number of carbonyl (C=O) groups is 1. The van der Waals surface area contributed by atoms with E-state index in [0.717, 1.165) is 30.8 Å². The molecule has 1 aromatic carbocycles. The van der Waals surface area contributed by atoms with E-state index < -0.39 is 0 Å². The molecule has 1 aliphatic rings. The second kappa shape index (κ2) is 5.04. The van der Waals surface area contributed by atoms with Gasteiger partial charge in [0.15, 0.2) is 0 Å². The molecule has 1 heterocycles. The van der Waals surface area contributed by atoms with E-state index in [4.69, 9.17) is 0 Å². The van der Waals surface area contributed by atoms with Gasteiger partial charge in [-0.15, -0.1) is 0 Å². The molecule has 2 rings (SSSR count). The molecule has 17 heavy (non-hydrogen) atoms. The molecule has 1 amide bonds. The van der Waals surface area contributed by atoms with Crippen LogP contribution in [-0.2, 0) is 0 Å². The number of amides is 1. The van der Waals surface area contributed by atoms with E-state index in [0.29, 0.717) is 0 Å². The average molecular weight is 230 g/mol. The summed E-state index contributed by atoms with van der Waals surface area (Å²) in [5.41, 5.74) is 1.88. The van der Waals surface area contributed by atoms with Crippen LogP contribution in [-0.4, -0.2) is 38.0 Å². The van der Waals surface area contributed by atoms with Gasteiger partial charge in [-0.25, -0.2) is 0 Å².